The van der Waals surface area contributed by atoms with Gasteiger partial charge in [-0.2, -0.15) is 0 Å². The summed E-state index contributed by atoms with van der Waals surface area (Å²) in [4.78, 5) is 0. The van der Waals surface area contributed by atoms with Crippen molar-refractivity contribution in [3.63, 3.8) is 0 Å². The summed E-state index contributed by atoms with van der Waals surface area (Å²) >= 11 is 0. The molecule has 1 heteroatoms. The zero-order valence-electron chi connectivity index (χ0n) is 17.0. The molecular formula is C29H23N. The summed E-state index contributed by atoms with van der Waals surface area (Å²) in [5.41, 5.74) is 8.62. The Morgan fingerprint density at radius 1 is 0.533 bits per heavy atom. The summed E-state index contributed by atoms with van der Waals surface area (Å²) in [6, 6.07) is 38.7. The van der Waals surface area contributed by atoms with Crippen LogP contribution in [-0.4, -0.2) is 4.57 Å². The highest BCUT2D eigenvalue weighted by Gasteiger charge is 2.07. The minimum atomic E-state index is 1.20. The van der Waals surface area contributed by atoms with E-state index in [1.54, 1.807) is 0 Å². The molecule has 0 N–H and O–H groups in total. The quantitative estimate of drug-likeness (QED) is 0.280. The van der Waals surface area contributed by atoms with Gasteiger partial charge in [-0.05, 0) is 39.9 Å². The second-order valence-electron chi connectivity index (χ2n) is 7.59. The molecule has 0 aliphatic rings. The first kappa shape index (κ1) is 18.2. The Morgan fingerprint density at radius 3 is 1.70 bits per heavy atom. The molecule has 1 aromatic heterocycles. The van der Waals surface area contributed by atoms with Crippen LogP contribution in [0.25, 0.3) is 45.4 Å². The summed E-state index contributed by atoms with van der Waals surface area (Å²) in [5, 5.41) is 1.28. The van der Waals surface area contributed by atoms with E-state index in [0.29, 0.717) is 0 Å². The second kappa shape index (κ2) is 7.88. The van der Waals surface area contributed by atoms with Crippen LogP contribution in [0, 0.1) is 0 Å². The second-order valence-corrected chi connectivity index (χ2v) is 7.59. The molecule has 30 heavy (non-hydrogen) atoms. The highest BCUT2D eigenvalue weighted by atomic mass is 14.9. The normalized spacial score (nSPS) is 11.4. The first-order chi connectivity index (χ1) is 14.8. The molecule has 0 aliphatic carbocycles. The highest BCUT2D eigenvalue weighted by molar-refractivity contribution is 5.87. The van der Waals surface area contributed by atoms with Crippen LogP contribution in [0.2, 0.25) is 0 Å². The van der Waals surface area contributed by atoms with Crippen molar-refractivity contribution < 1.29 is 0 Å². The van der Waals surface area contributed by atoms with E-state index in [9.17, 15) is 0 Å². The van der Waals surface area contributed by atoms with Crippen molar-refractivity contribution in [1.29, 1.82) is 0 Å². The fourth-order valence-electron chi connectivity index (χ4n) is 3.94. The molecule has 0 saturated carbocycles. The van der Waals surface area contributed by atoms with E-state index in [0.717, 1.165) is 0 Å². The van der Waals surface area contributed by atoms with Gasteiger partial charge in [-0.15, -0.1) is 0 Å². The van der Waals surface area contributed by atoms with Crippen LogP contribution in [0.5, 0.6) is 0 Å². The molecule has 0 atom stereocenters. The summed E-state index contributed by atoms with van der Waals surface area (Å²) in [6.45, 7) is 0. The lowest BCUT2D eigenvalue weighted by molar-refractivity contribution is 0.978. The maximum absolute atomic E-state index is 2.26. The average molecular weight is 386 g/mol. The Hall–Kier alpha value is -3.84. The molecule has 0 aliphatic heterocycles. The zero-order valence-corrected chi connectivity index (χ0v) is 17.0. The van der Waals surface area contributed by atoms with E-state index in [1.807, 2.05) is 6.07 Å². The van der Waals surface area contributed by atoms with Crippen molar-refractivity contribution in [2.24, 2.45) is 7.05 Å². The van der Waals surface area contributed by atoms with Gasteiger partial charge in [0.2, 0.25) is 0 Å². The monoisotopic (exact) mass is 385 g/mol. The largest absolute Gasteiger partial charge is 0.344 e. The lowest BCUT2D eigenvalue weighted by Gasteiger charge is -2.05. The molecule has 0 bridgehead atoms. The first-order valence-electron chi connectivity index (χ1n) is 10.3. The van der Waals surface area contributed by atoms with Gasteiger partial charge < -0.3 is 4.57 Å². The Bertz CT molecular complexity index is 1300. The van der Waals surface area contributed by atoms with E-state index in [4.69, 9.17) is 0 Å². The smallest absolute Gasteiger partial charge is 0.0488 e. The topological polar surface area (TPSA) is 4.93 Å². The highest BCUT2D eigenvalue weighted by Crippen LogP contribution is 2.27. The number of hydrogen-bond donors (Lipinski definition) is 0. The molecule has 0 unspecified atom stereocenters. The van der Waals surface area contributed by atoms with E-state index in [1.165, 1.54) is 44.4 Å². The van der Waals surface area contributed by atoms with Crippen LogP contribution in [0.15, 0.2) is 109 Å². The van der Waals surface area contributed by atoms with E-state index in [2.05, 4.69) is 127 Å². The van der Waals surface area contributed by atoms with Crippen molar-refractivity contribution in [3.8, 4) is 22.4 Å². The number of para-hydroxylation sites is 1. The molecule has 1 nitrogen and oxygen atoms in total. The fraction of sp³-hybridized carbons (Fsp3) is 0.0345. The predicted octanol–water partition coefficient (Wildman–Crippen LogP) is 7.68. The van der Waals surface area contributed by atoms with Gasteiger partial charge in [0.05, 0.1) is 0 Å². The number of aryl methyl sites for hydroxylation is 1. The first-order valence-corrected chi connectivity index (χ1v) is 10.3. The number of rotatable bonds is 4. The summed E-state index contributed by atoms with van der Waals surface area (Å²) < 4.78 is 2.26. The molecule has 144 valence electrons. The van der Waals surface area contributed by atoms with Gasteiger partial charge in [-0.25, -0.2) is 0 Å². The molecule has 0 amide bonds. The van der Waals surface area contributed by atoms with E-state index >= 15 is 0 Å². The lowest BCUT2D eigenvalue weighted by Crippen LogP contribution is -1.90. The molecular weight excluding hydrogens is 362 g/mol. The Kier molecular flexibility index (Phi) is 4.78. The number of aromatic nitrogens is 1. The van der Waals surface area contributed by atoms with Gasteiger partial charge in [0.25, 0.3) is 0 Å². The number of hydrogen-bond acceptors (Lipinski definition) is 0. The molecule has 0 fully saturated rings. The third-order valence-electron chi connectivity index (χ3n) is 5.64. The van der Waals surface area contributed by atoms with Crippen molar-refractivity contribution in [1.82, 2.24) is 4.57 Å². The van der Waals surface area contributed by atoms with Gasteiger partial charge in [-0.3, -0.25) is 0 Å². The number of fused-ring (bicyclic) bond motifs is 1. The molecule has 4 aromatic carbocycles. The standard InChI is InChI=1S/C29H23N/c1-30-28-10-6-5-9-27(28)21-29(30)26-19-15-23(16-20-26)12-11-22-13-17-25(18-14-22)24-7-3-2-4-8-24/h2-21H,1H3/b12-11+. The van der Waals surface area contributed by atoms with Gasteiger partial charge >= 0.3 is 0 Å². The zero-order chi connectivity index (χ0) is 20.3. The molecule has 0 spiro atoms. The Morgan fingerprint density at radius 2 is 1.07 bits per heavy atom. The van der Waals surface area contributed by atoms with Crippen LogP contribution in [0.3, 0.4) is 0 Å². The third kappa shape index (κ3) is 3.58. The molecule has 5 aromatic rings. The third-order valence-corrected chi connectivity index (χ3v) is 5.64. The number of benzene rings is 4. The van der Waals surface area contributed by atoms with Crippen molar-refractivity contribution in [2.45, 2.75) is 0 Å². The predicted molar refractivity (Wildman–Crippen MR) is 129 cm³/mol. The van der Waals surface area contributed by atoms with E-state index < -0.39 is 0 Å². The summed E-state index contributed by atoms with van der Waals surface area (Å²) in [6.07, 6.45) is 4.34. The minimum Gasteiger partial charge on any atom is -0.344 e. The van der Waals surface area contributed by atoms with Gasteiger partial charge in [0.1, 0.15) is 0 Å². The van der Waals surface area contributed by atoms with Crippen molar-refractivity contribution in [3.05, 3.63) is 120 Å². The van der Waals surface area contributed by atoms with Crippen LogP contribution in [0.4, 0.5) is 0 Å². The Balaban J connectivity index is 1.34. The molecule has 1 heterocycles. The van der Waals surface area contributed by atoms with Crippen LogP contribution < -0.4 is 0 Å². The van der Waals surface area contributed by atoms with Crippen LogP contribution in [-0.2, 0) is 7.05 Å². The van der Waals surface area contributed by atoms with Crippen LogP contribution >= 0.6 is 0 Å². The molecule has 0 saturated heterocycles. The summed E-state index contributed by atoms with van der Waals surface area (Å²) in [7, 11) is 2.13. The van der Waals surface area contributed by atoms with Gasteiger partial charge in [0, 0.05) is 23.6 Å². The Labute approximate surface area is 177 Å². The molecule has 0 radical (unpaired) electrons. The maximum atomic E-state index is 2.26. The lowest BCUT2D eigenvalue weighted by atomic mass is 10.0. The van der Waals surface area contributed by atoms with Crippen molar-refractivity contribution in [2.75, 3.05) is 0 Å². The van der Waals surface area contributed by atoms with Gasteiger partial charge in [0.15, 0.2) is 0 Å². The SMILES string of the molecule is Cn1c(-c2ccc(/C=C/c3ccc(-c4ccccc4)cc3)cc2)cc2ccccc21. The number of nitrogens with zero attached hydrogens (tertiary/aromatic N) is 1. The van der Waals surface area contributed by atoms with Gasteiger partial charge in [-0.1, -0.05) is 109 Å². The minimum absolute atomic E-state index is 1.20. The average Bonchev–Trinajstić information content (AvgIpc) is 3.16. The molecule has 5 rings (SSSR count). The van der Waals surface area contributed by atoms with Crippen molar-refractivity contribution >= 4 is 23.1 Å². The van der Waals surface area contributed by atoms with Crippen LogP contribution in [0.1, 0.15) is 11.1 Å². The summed E-state index contributed by atoms with van der Waals surface area (Å²) in [5.74, 6) is 0. The van der Waals surface area contributed by atoms with E-state index in [-0.39, 0.29) is 0 Å². The fourth-order valence-corrected chi connectivity index (χ4v) is 3.94. The maximum Gasteiger partial charge on any atom is 0.0488 e.